The number of carbonyl (C=O) groups is 1. The van der Waals surface area contributed by atoms with Crippen molar-refractivity contribution in [2.75, 3.05) is 5.32 Å². The number of hydrogen-bond donors (Lipinski definition) is 1. The molecule has 29 heavy (non-hydrogen) atoms. The zero-order chi connectivity index (χ0) is 20.6. The first-order valence-corrected chi connectivity index (χ1v) is 10.2. The molecule has 4 rings (SSSR count). The van der Waals surface area contributed by atoms with E-state index < -0.39 is 0 Å². The van der Waals surface area contributed by atoms with E-state index in [0.717, 1.165) is 30.6 Å². The van der Waals surface area contributed by atoms with E-state index in [1.54, 1.807) is 6.20 Å². The predicted molar refractivity (Wildman–Crippen MR) is 112 cm³/mol. The Morgan fingerprint density at radius 1 is 1.31 bits per heavy atom. The summed E-state index contributed by atoms with van der Waals surface area (Å²) in [6, 6.07) is 8.21. The summed E-state index contributed by atoms with van der Waals surface area (Å²) in [6.07, 6.45) is 6.25. The molecule has 1 amide bonds. The number of fused-ring (bicyclic) bond motifs is 1. The number of amides is 1. The standard InChI is InChI=1S/C23H28N4O2/c1-15-7-5-6-8-16(15)13-27-14-18(12-24-27)25-22(28)21-19-11-17(23(2,3)4)9-10-20(19)29-26-21/h5-8,12,14,17H,9-11,13H2,1-4H3,(H,25,28)/t17-/m0/s1. The summed E-state index contributed by atoms with van der Waals surface area (Å²) in [5.74, 6) is 1.13. The van der Waals surface area contributed by atoms with Crippen LogP contribution in [0.4, 0.5) is 5.69 Å². The van der Waals surface area contributed by atoms with Gasteiger partial charge in [0.1, 0.15) is 5.76 Å². The summed E-state index contributed by atoms with van der Waals surface area (Å²) in [7, 11) is 0. The van der Waals surface area contributed by atoms with Crippen LogP contribution in [0.15, 0.2) is 41.2 Å². The highest BCUT2D eigenvalue weighted by Gasteiger charge is 2.34. The molecule has 0 saturated heterocycles. The maximum Gasteiger partial charge on any atom is 0.278 e. The zero-order valence-electron chi connectivity index (χ0n) is 17.5. The van der Waals surface area contributed by atoms with Crippen LogP contribution in [0.2, 0.25) is 0 Å². The van der Waals surface area contributed by atoms with Gasteiger partial charge in [-0.25, -0.2) is 0 Å². The van der Waals surface area contributed by atoms with Gasteiger partial charge in [-0.05, 0) is 42.2 Å². The molecule has 1 N–H and O–H groups in total. The molecule has 0 bridgehead atoms. The Kier molecular flexibility index (Phi) is 5.03. The average Bonchev–Trinajstić information content (AvgIpc) is 3.29. The van der Waals surface area contributed by atoms with Crippen molar-refractivity contribution in [3.05, 3.63) is 64.8 Å². The van der Waals surface area contributed by atoms with Crippen molar-refractivity contribution >= 4 is 11.6 Å². The fourth-order valence-corrected chi connectivity index (χ4v) is 3.99. The van der Waals surface area contributed by atoms with Crippen LogP contribution < -0.4 is 5.32 Å². The number of carbonyl (C=O) groups excluding carboxylic acids is 1. The van der Waals surface area contributed by atoms with E-state index in [1.165, 1.54) is 11.1 Å². The van der Waals surface area contributed by atoms with Gasteiger partial charge in [0.25, 0.3) is 5.91 Å². The minimum atomic E-state index is -0.236. The van der Waals surface area contributed by atoms with Crippen LogP contribution >= 0.6 is 0 Å². The van der Waals surface area contributed by atoms with E-state index in [2.05, 4.69) is 55.4 Å². The van der Waals surface area contributed by atoms with Crippen molar-refractivity contribution in [2.24, 2.45) is 11.3 Å². The molecule has 1 aliphatic carbocycles. The number of hydrogen-bond acceptors (Lipinski definition) is 4. The van der Waals surface area contributed by atoms with Crippen LogP contribution in [0.3, 0.4) is 0 Å². The van der Waals surface area contributed by atoms with Crippen LogP contribution in [0.25, 0.3) is 0 Å². The lowest BCUT2D eigenvalue weighted by Crippen LogP contribution is -2.27. The van der Waals surface area contributed by atoms with Crippen LogP contribution in [0.5, 0.6) is 0 Å². The summed E-state index contributed by atoms with van der Waals surface area (Å²) in [5, 5.41) is 11.4. The maximum atomic E-state index is 12.9. The van der Waals surface area contributed by atoms with Crippen LogP contribution in [0.1, 0.15) is 60.1 Å². The van der Waals surface area contributed by atoms with Crippen molar-refractivity contribution in [2.45, 2.75) is 53.5 Å². The summed E-state index contributed by atoms with van der Waals surface area (Å²) >= 11 is 0. The van der Waals surface area contributed by atoms with Gasteiger partial charge in [-0.3, -0.25) is 9.48 Å². The number of rotatable bonds is 4. The van der Waals surface area contributed by atoms with E-state index in [4.69, 9.17) is 4.52 Å². The minimum Gasteiger partial charge on any atom is -0.360 e. The quantitative estimate of drug-likeness (QED) is 0.702. The molecule has 0 spiro atoms. The monoisotopic (exact) mass is 392 g/mol. The molecule has 1 aromatic carbocycles. The van der Waals surface area contributed by atoms with Gasteiger partial charge < -0.3 is 9.84 Å². The van der Waals surface area contributed by atoms with Crippen LogP contribution in [-0.2, 0) is 19.4 Å². The Balaban J connectivity index is 1.47. The van der Waals surface area contributed by atoms with Gasteiger partial charge >= 0.3 is 0 Å². The van der Waals surface area contributed by atoms with E-state index in [0.29, 0.717) is 23.8 Å². The van der Waals surface area contributed by atoms with Gasteiger partial charge in [-0.2, -0.15) is 5.10 Å². The van der Waals surface area contributed by atoms with Crippen molar-refractivity contribution in [3.63, 3.8) is 0 Å². The minimum absolute atomic E-state index is 0.194. The summed E-state index contributed by atoms with van der Waals surface area (Å²) in [5.41, 5.74) is 4.63. The highest BCUT2D eigenvalue weighted by Crippen LogP contribution is 2.38. The number of aromatic nitrogens is 3. The maximum absolute atomic E-state index is 12.9. The molecule has 1 aliphatic rings. The van der Waals surface area contributed by atoms with E-state index in [1.807, 2.05) is 23.0 Å². The number of nitrogens with zero attached hydrogens (tertiary/aromatic N) is 3. The fraction of sp³-hybridized carbons (Fsp3) is 0.435. The van der Waals surface area contributed by atoms with Crippen molar-refractivity contribution < 1.29 is 9.32 Å². The Morgan fingerprint density at radius 2 is 2.10 bits per heavy atom. The third-order valence-electron chi connectivity index (χ3n) is 5.96. The van der Waals surface area contributed by atoms with Gasteiger partial charge in [0.2, 0.25) is 0 Å². The average molecular weight is 393 g/mol. The number of aryl methyl sites for hydroxylation is 2. The van der Waals surface area contributed by atoms with Crippen molar-refractivity contribution in [1.29, 1.82) is 0 Å². The first-order chi connectivity index (χ1) is 13.8. The molecule has 152 valence electrons. The Hall–Kier alpha value is -2.89. The summed E-state index contributed by atoms with van der Waals surface area (Å²) in [6.45, 7) is 9.49. The van der Waals surface area contributed by atoms with Crippen molar-refractivity contribution in [1.82, 2.24) is 14.9 Å². The normalized spacial score (nSPS) is 16.5. The molecule has 0 fully saturated rings. The molecular formula is C23H28N4O2. The molecule has 2 aromatic heterocycles. The number of benzene rings is 1. The van der Waals surface area contributed by atoms with Gasteiger partial charge in [0, 0.05) is 18.2 Å². The van der Waals surface area contributed by atoms with Crippen molar-refractivity contribution in [3.8, 4) is 0 Å². The topological polar surface area (TPSA) is 73.0 Å². The molecule has 0 saturated carbocycles. The smallest absolute Gasteiger partial charge is 0.278 e. The van der Waals surface area contributed by atoms with Gasteiger partial charge in [-0.15, -0.1) is 0 Å². The van der Waals surface area contributed by atoms with Gasteiger partial charge in [-0.1, -0.05) is 50.2 Å². The second-order valence-corrected chi connectivity index (χ2v) is 9.05. The number of nitrogens with one attached hydrogen (secondary N) is 1. The second kappa shape index (κ2) is 7.50. The molecule has 6 heteroatoms. The Bertz CT molecular complexity index is 1030. The number of anilines is 1. The summed E-state index contributed by atoms with van der Waals surface area (Å²) < 4.78 is 7.30. The Labute approximate surface area is 171 Å². The van der Waals surface area contributed by atoms with Gasteiger partial charge in [0.05, 0.1) is 18.4 Å². The third kappa shape index (κ3) is 4.11. The largest absolute Gasteiger partial charge is 0.360 e. The second-order valence-electron chi connectivity index (χ2n) is 9.05. The highest BCUT2D eigenvalue weighted by atomic mass is 16.5. The molecule has 1 atom stereocenters. The first kappa shape index (κ1) is 19.4. The fourth-order valence-electron chi connectivity index (χ4n) is 3.99. The lowest BCUT2D eigenvalue weighted by atomic mass is 9.71. The molecule has 2 heterocycles. The zero-order valence-corrected chi connectivity index (χ0v) is 17.5. The lowest BCUT2D eigenvalue weighted by molar-refractivity contribution is 0.101. The van der Waals surface area contributed by atoms with Gasteiger partial charge in [0.15, 0.2) is 5.69 Å². The molecule has 3 aromatic rings. The molecule has 0 unspecified atom stereocenters. The molecular weight excluding hydrogens is 364 g/mol. The molecule has 0 radical (unpaired) electrons. The van der Waals surface area contributed by atoms with Crippen LogP contribution in [-0.4, -0.2) is 20.8 Å². The van der Waals surface area contributed by atoms with E-state index in [-0.39, 0.29) is 11.3 Å². The Morgan fingerprint density at radius 3 is 2.86 bits per heavy atom. The van der Waals surface area contributed by atoms with E-state index >= 15 is 0 Å². The van der Waals surface area contributed by atoms with E-state index in [9.17, 15) is 4.79 Å². The lowest BCUT2D eigenvalue weighted by Gasteiger charge is -2.33. The molecule has 6 nitrogen and oxygen atoms in total. The SMILES string of the molecule is Cc1ccccc1Cn1cc(NC(=O)c2noc3c2C[C@@H](C(C)(C)C)CC3)cn1. The molecule has 0 aliphatic heterocycles. The first-order valence-electron chi connectivity index (χ1n) is 10.2. The highest BCUT2D eigenvalue weighted by molar-refractivity contribution is 6.03. The summed E-state index contributed by atoms with van der Waals surface area (Å²) in [4.78, 5) is 12.9. The van der Waals surface area contributed by atoms with Crippen LogP contribution in [0, 0.1) is 18.3 Å². The third-order valence-corrected chi connectivity index (χ3v) is 5.96. The predicted octanol–water partition coefficient (Wildman–Crippen LogP) is 4.63.